The van der Waals surface area contributed by atoms with Crippen LogP contribution in [-0.4, -0.2) is 17.1 Å². The molecule has 1 unspecified atom stereocenters. The Morgan fingerprint density at radius 1 is 0.957 bits per heavy atom. The highest BCUT2D eigenvalue weighted by molar-refractivity contribution is 5.75. The summed E-state index contributed by atoms with van der Waals surface area (Å²) >= 11 is 0. The molecule has 0 spiro atoms. The Bertz CT molecular complexity index is 622. The van der Waals surface area contributed by atoms with Gasteiger partial charge in [-0.2, -0.15) is 0 Å². The zero-order valence-electron chi connectivity index (χ0n) is 14.0. The summed E-state index contributed by atoms with van der Waals surface area (Å²) in [5.74, 6) is -1.25. The molecule has 0 aromatic heterocycles. The van der Waals surface area contributed by atoms with Crippen molar-refractivity contribution in [2.24, 2.45) is 0 Å². The first-order chi connectivity index (χ1) is 11.0. The molecular weight excluding hydrogens is 286 g/mol. The van der Waals surface area contributed by atoms with Crippen molar-refractivity contribution in [1.82, 2.24) is 5.32 Å². The van der Waals surface area contributed by atoms with E-state index in [1.54, 1.807) is 6.92 Å². The fourth-order valence-corrected chi connectivity index (χ4v) is 2.76. The maximum Gasteiger partial charge on any atom is 0.310 e. The van der Waals surface area contributed by atoms with E-state index >= 15 is 0 Å². The molecule has 3 atom stereocenters. The molecule has 0 saturated carbocycles. The number of hydrogen-bond acceptors (Lipinski definition) is 2. The number of carbonyl (C=O) groups is 1. The molecule has 0 radical (unpaired) electrons. The average molecular weight is 311 g/mol. The van der Waals surface area contributed by atoms with Gasteiger partial charge in [-0.05, 0) is 43.9 Å². The molecule has 0 amide bonds. The van der Waals surface area contributed by atoms with E-state index in [0.29, 0.717) is 12.1 Å². The summed E-state index contributed by atoms with van der Waals surface area (Å²) in [7, 11) is 0. The van der Waals surface area contributed by atoms with Gasteiger partial charge in [0.25, 0.3) is 0 Å². The molecule has 2 aromatic carbocycles. The SMILES string of the molecule is CC(C(=O)O)c1ccc(C[C@@H](C)N[C@H](C)c2ccccc2)cc1. The van der Waals surface area contributed by atoms with E-state index in [1.807, 2.05) is 30.3 Å². The van der Waals surface area contributed by atoms with Gasteiger partial charge in [-0.1, -0.05) is 54.6 Å². The van der Waals surface area contributed by atoms with Gasteiger partial charge in [0.2, 0.25) is 0 Å². The molecule has 0 aliphatic carbocycles. The zero-order valence-corrected chi connectivity index (χ0v) is 14.0. The molecule has 2 rings (SSSR count). The third-order valence-electron chi connectivity index (χ3n) is 4.23. The van der Waals surface area contributed by atoms with Crippen LogP contribution in [0.25, 0.3) is 0 Å². The highest BCUT2D eigenvalue weighted by atomic mass is 16.4. The van der Waals surface area contributed by atoms with E-state index < -0.39 is 11.9 Å². The summed E-state index contributed by atoms with van der Waals surface area (Å²) in [5, 5.41) is 12.7. The minimum absolute atomic E-state index is 0.303. The predicted molar refractivity (Wildman–Crippen MR) is 93.7 cm³/mol. The Labute approximate surface area is 138 Å². The largest absolute Gasteiger partial charge is 0.481 e. The van der Waals surface area contributed by atoms with Crippen molar-refractivity contribution in [3.8, 4) is 0 Å². The molecule has 0 aliphatic rings. The highest BCUT2D eigenvalue weighted by Crippen LogP contribution is 2.18. The highest BCUT2D eigenvalue weighted by Gasteiger charge is 2.14. The van der Waals surface area contributed by atoms with Crippen molar-refractivity contribution in [2.75, 3.05) is 0 Å². The first kappa shape index (κ1) is 17.2. The van der Waals surface area contributed by atoms with E-state index in [2.05, 4.69) is 43.4 Å². The molecule has 0 bridgehead atoms. The van der Waals surface area contributed by atoms with Gasteiger partial charge in [0.15, 0.2) is 0 Å². The van der Waals surface area contributed by atoms with Crippen LogP contribution < -0.4 is 5.32 Å². The van der Waals surface area contributed by atoms with Gasteiger partial charge < -0.3 is 10.4 Å². The minimum Gasteiger partial charge on any atom is -0.481 e. The van der Waals surface area contributed by atoms with Gasteiger partial charge in [-0.3, -0.25) is 4.79 Å². The van der Waals surface area contributed by atoms with Gasteiger partial charge >= 0.3 is 5.97 Å². The molecular formula is C20H25NO2. The lowest BCUT2D eigenvalue weighted by Gasteiger charge is -2.20. The van der Waals surface area contributed by atoms with Crippen LogP contribution in [0.3, 0.4) is 0 Å². The fraction of sp³-hybridized carbons (Fsp3) is 0.350. The molecule has 3 nitrogen and oxygen atoms in total. The number of carboxylic acids is 1. The lowest BCUT2D eigenvalue weighted by Crippen LogP contribution is -2.30. The van der Waals surface area contributed by atoms with Crippen LogP contribution in [0.2, 0.25) is 0 Å². The number of nitrogens with one attached hydrogen (secondary N) is 1. The first-order valence-corrected chi connectivity index (χ1v) is 8.10. The second-order valence-electron chi connectivity index (χ2n) is 6.21. The van der Waals surface area contributed by atoms with Crippen molar-refractivity contribution in [3.05, 3.63) is 71.3 Å². The molecule has 0 heterocycles. The molecule has 0 fully saturated rings. The van der Waals surface area contributed by atoms with Crippen LogP contribution in [0.4, 0.5) is 0 Å². The second kappa shape index (κ2) is 7.93. The fourth-order valence-electron chi connectivity index (χ4n) is 2.76. The van der Waals surface area contributed by atoms with Crippen molar-refractivity contribution < 1.29 is 9.90 Å². The van der Waals surface area contributed by atoms with Crippen molar-refractivity contribution in [3.63, 3.8) is 0 Å². The van der Waals surface area contributed by atoms with E-state index in [-0.39, 0.29) is 0 Å². The molecule has 0 aliphatic heterocycles. The second-order valence-corrected chi connectivity index (χ2v) is 6.21. The van der Waals surface area contributed by atoms with Gasteiger partial charge in [0.05, 0.1) is 5.92 Å². The molecule has 122 valence electrons. The Kier molecular flexibility index (Phi) is 5.94. The third-order valence-corrected chi connectivity index (χ3v) is 4.23. The lowest BCUT2D eigenvalue weighted by molar-refractivity contribution is -0.138. The maximum atomic E-state index is 11.0. The van der Waals surface area contributed by atoms with Gasteiger partial charge in [0, 0.05) is 12.1 Å². The summed E-state index contributed by atoms with van der Waals surface area (Å²) in [6, 6.07) is 18.9. The molecule has 2 N–H and O–H groups in total. The summed E-state index contributed by atoms with van der Waals surface area (Å²) in [6.45, 7) is 6.06. The van der Waals surface area contributed by atoms with Gasteiger partial charge in [0.1, 0.15) is 0 Å². The van der Waals surface area contributed by atoms with Crippen molar-refractivity contribution >= 4 is 5.97 Å². The summed E-state index contributed by atoms with van der Waals surface area (Å²) in [4.78, 5) is 11.0. The monoisotopic (exact) mass is 311 g/mol. The average Bonchev–Trinajstić information content (AvgIpc) is 2.55. The lowest BCUT2D eigenvalue weighted by atomic mass is 9.98. The van der Waals surface area contributed by atoms with E-state index in [4.69, 9.17) is 5.11 Å². The molecule has 2 aromatic rings. The summed E-state index contributed by atoms with van der Waals surface area (Å²) < 4.78 is 0. The predicted octanol–water partition coefficient (Wildman–Crippen LogP) is 4.16. The molecule has 23 heavy (non-hydrogen) atoms. The molecule has 0 saturated heterocycles. The first-order valence-electron chi connectivity index (χ1n) is 8.10. The van der Waals surface area contributed by atoms with E-state index in [9.17, 15) is 4.79 Å². The van der Waals surface area contributed by atoms with E-state index in [0.717, 1.165) is 12.0 Å². The number of benzene rings is 2. The smallest absolute Gasteiger partial charge is 0.310 e. The van der Waals surface area contributed by atoms with Crippen LogP contribution >= 0.6 is 0 Å². The quantitative estimate of drug-likeness (QED) is 0.807. The van der Waals surface area contributed by atoms with Gasteiger partial charge in [-0.25, -0.2) is 0 Å². The van der Waals surface area contributed by atoms with Crippen LogP contribution in [0, 0.1) is 0 Å². The Morgan fingerprint density at radius 3 is 2.13 bits per heavy atom. The normalized spacial score (nSPS) is 14.9. The van der Waals surface area contributed by atoms with Gasteiger partial charge in [-0.15, -0.1) is 0 Å². The number of aliphatic carboxylic acids is 1. The Balaban J connectivity index is 1.92. The Hall–Kier alpha value is -2.13. The number of rotatable bonds is 7. The molecule has 3 heteroatoms. The standard InChI is InChI=1S/C20H25NO2/c1-14(21-16(3)19-7-5-4-6-8-19)13-17-9-11-18(12-10-17)15(2)20(22)23/h4-12,14-16,21H,13H2,1-3H3,(H,22,23)/t14-,15?,16-/m1/s1. The topological polar surface area (TPSA) is 49.3 Å². The van der Waals surface area contributed by atoms with Crippen LogP contribution in [0.5, 0.6) is 0 Å². The summed E-state index contributed by atoms with van der Waals surface area (Å²) in [6.07, 6.45) is 0.916. The number of hydrogen-bond donors (Lipinski definition) is 2. The zero-order chi connectivity index (χ0) is 16.8. The number of carboxylic acid groups (broad SMARTS) is 1. The Morgan fingerprint density at radius 2 is 1.57 bits per heavy atom. The van der Waals surface area contributed by atoms with Crippen molar-refractivity contribution in [2.45, 2.75) is 45.2 Å². The van der Waals surface area contributed by atoms with Crippen LogP contribution in [-0.2, 0) is 11.2 Å². The van der Waals surface area contributed by atoms with Crippen LogP contribution in [0.1, 0.15) is 49.4 Å². The third kappa shape index (κ3) is 4.93. The summed E-state index contributed by atoms with van der Waals surface area (Å²) in [5.41, 5.74) is 3.34. The van der Waals surface area contributed by atoms with E-state index in [1.165, 1.54) is 11.1 Å². The van der Waals surface area contributed by atoms with Crippen molar-refractivity contribution in [1.29, 1.82) is 0 Å². The van der Waals surface area contributed by atoms with Crippen LogP contribution in [0.15, 0.2) is 54.6 Å². The maximum absolute atomic E-state index is 11.0. The minimum atomic E-state index is -0.788.